The number of aromatic nitrogens is 2. The summed E-state index contributed by atoms with van der Waals surface area (Å²) in [5, 5.41) is 9.90. The number of carbonyl (C=O) groups is 3. The van der Waals surface area contributed by atoms with Crippen LogP contribution in [0.2, 0.25) is 0 Å². The number of carboxylic acid groups (broad SMARTS) is 1. The number of pyridine rings is 1. The number of aromatic amines is 1. The molecule has 2 saturated carbocycles. The first-order chi connectivity index (χ1) is 16.5. The summed E-state index contributed by atoms with van der Waals surface area (Å²) in [5.74, 6) is -1.07. The molecule has 4 aliphatic rings. The molecule has 2 bridgehead atoms. The quantitative estimate of drug-likeness (QED) is 0.444. The van der Waals surface area contributed by atoms with E-state index in [-0.39, 0.29) is 63.9 Å². The van der Waals surface area contributed by atoms with Gasteiger partial charge in [0.1, 0.15) is 0 Å². The Morgan fingerprint density at radius 1 is 1.15 bits per heavy atom. The van der Waals surface area contributed by atoms with Gasteiger partial charge >= 0.3 is 10.8 Å². The molecule has 178 valence electrons. The maximum Gasteiger partial charge on any atom is 0.305 e. The molecule has 2 aliphatic heterocycles. The molecule has 10 heteroatoms. The largest absolute Gasteiger partial charge is 0.481 e. The number of nitrogens with zero attached hydrogens (tertiary/aromatic N) is 2. The number of thiazole rings is 1. The summed E-state index contributed by atoms with van der Waals surface area (Å²) < 4.78 is 0. The van der Waals surface area contributed by atoms with Crippen LogP contribution in [0.5, 0.6) is 0 Å². The molecular formula is C24H25N3O5S2. The second kappa shape index (κ2) is 8.34. The smallest absolute Gasteiger partial charge is 0.305 e. The highest BCUT2D eigenvalue weighted by Gasteiger charge is 2.69. The van der Waals surface area contributed by atoms with Gasteiger partial charge in [0.15, 0.2) is 0 Å². The Bertz CT molecular complexity index is 1210. The normalized spacial score (nSPS) is 33.2. The van der Waals surface area contributed by atoms with E-state index >= 15 is 0 Å². The molecule has 2 aromatic rings. The van der Waals surface area contributed by atoms with Crippen molar-refractivity contribution in [2.45, 2.75) is 48.3 Å². The molecule has 4 heterocycles. The zero-order chi connectivity index (χ0) is 23.6. The van der Waals surface area contributed by atoms with Gasteiger partial charge in [0, 0.05) is 41.4 Å². The van der Waals surface area contributed by atoms with Crippen LogP contribution in [0.25, 0.3) is 0 Å². The zero-order valence-corrected chi connectivity index (χ0v) is 20.0. The van der Waals surface area contributed by atoms with E-state index in [4.69, 9.17) is 5.11 Å². The van der Waals surface area contributed by atoms with Crippen molar-refractivity contribution < 1.29 is 19.5 Å². The molecule has 0 unspecified atom stereocenters. The minimum Gasteiger partial charge on any atom is -0.481 e. The van der Waals surface area contributed by atoms with Crippen LogP contribution in [-0.2, 0) is 14.4 Å². The fourth-order valence-electron chi connectivity index (χ4n) is 6.96. The molecule has 3 fully saturated rings. The second-order valence-corrected chi connectivity index (χ2v) is 12.0. The summed E-state index contributed by atoms with van der Waals surface area (Å²) in [7, 11) is 0. The number of nitrogens with one attached hydrogen (secondary N) is 1. The molecule has 0 aromatic carbocycles. The Balaban J connectivity index is 1.28. The lowest BCUT2D eigenvalue weighted by molar-refractivity contribution is -0.141. The molecule has 2 aromatic heterocycles. The molecule has 0 spiro atoms. The SMILES string of the molecule is O=C(O)CCCCCN1C(=O)[C@@H]2[C@@H]3C[C@@H]([C@H]4Sc5[nH]c(=O)sc5[C@H](c5cccnc5)[C@H]34)[C@@H]2C1=O. The number of amides is 2. The molecule has 2 amide bonds. The maximum atomic E-state index is 13.5. The summed E-state index contributed by atoms with van der Waals surface area (Å²) in [4.78, 5) is 59.5. The summed E-state index contributed by atoms with van der Waals surface area (Å²) >= 11 is 2.94. The van der Waals surface area contributed by atoms with Crippen molar-refractivity contribution in [3.8, 4) is 0 Å². The Kier molecular flexibility index (Phi) is 5.40. The number of likely N-dealkylation sites (tertiary alicyclic amines) is 1. The molecule has 7 atom stereocenters. The van der Waals surface area contributed by atoms with Crippen molar-refractivity contribution in [2.75, 3.05) is 6.54 Å². The summed E-state index contributed by atoms with van der Waals surface area (Å²) in [5.41, 5.74) is 1.06. The predicted octanol–water partition coefficient (Wildman–Crippen LogP) is 2.95. The lowest BCUT2D eigenvalue weighted by Crippen LogP contribution is -2.42. The number of aliphatic carboxylic acids is 1. The van der Waals surface area contributed by atoms with Crippen LogP contribution in [0.4, 0.5) is 0 Å². The van der Waals surface area contributed by atoms with Crippen LogP contribution in [0, 0.1) is 29.6 Å². The summed E-state index contributed by atoms with van der Waals surface area (Å²) in [6, 6.07) is 3.96. The van der Waals surface area contributed by atoms with E-state index in [1.165, 1.54) is 16.2 Å². The number of H-pyrrole nitrogens is 1. The average Bonchev–Trinajstić information content (AvgIpc) is 3.54. The lowest BCUT2D eigenvalue weighted by Gasteiger charge is -2.42. The van der Waals surface area contributed by atoms with Crippen molar-refractivity contribution in [3.05, 3.63) is 44.6 Å². The van der Waals surface area contributed by atoms with E-state index in [0.29, 0.717) is 25.8 Å². The van der Waals surface area contributed by atoms with Gasteiger partial charge in [-0.15, -0.1) is 11.8 Å². The molecule has 1 saturated heterocycles. The van der Waals surface area contributed by atoms with Crippen molar-refractivity contribution in [1.29, 1.82) is 0 Å². The zero-order valence-electron chi connectivity index (χ0n) is 18.4. The van der Waals surface area contributed by atoms with Crippen molar-refractivity contribution in [1.82, 2.24) is 14.9 Å². The number of fused-ring (bicyclic) bond motifs is 9. The Morgan fingerprint density at radius 2 is 1.94 bits per heavy atom. The fraction of sp³-hybridized carbons (Fsp3) is 0.542. The van der Waals surface area contributed by atoms with Crippen molar-refractivity contribution >= 4 is 40.9 Å². The molecular weight excluding hydrogens is 474 g/mol. The summed E-state index contributed by atoms with van der Waals surface area (Å²) in [6.07, 6.45) is 6.46. The minimum absolute atomic E-state index is 0.00261. The van der Waals surface area contributed by atoms with E-state index in [1.807, 2.05) is 18.3 Å². The Morgan fingerprint density at radius 3 is 2.68 bits per heavy atom. The van der Waals surface area contributed by atoms with Gasteiger partial charge < -0.3 is 10.1 Å². The number of carboxylic acids is 1. The number of hydrogen-bond acceptors (Lipinski definition) is 7. The topological polar surface area (TPSA) is 120 Å². The molecule has 0 radical (unpaired) electrons. The monoisotopic (exact) mass is 499 g/mol. The van der Waals surface area contributed by atoms with Gasteiger partial charge in [-0.3, -0.25) is 29.1 Å². The minimum atomic E-state index is -0.822. The number of hydrogen-bond donors (Lipinski definition) is 2. The highest BCUT2D eigenvalue weighted by atomic mass is 32.2. The number of rotatable bonds is 7. The number of carbonyl (C=O) groups excluding carboxylic acids is 2. The van der Waals surface area contributed by atoms with Crippen LogP contribution in [0.15, 0.2) is 34.3 Å². The number of imide groups is 1. The van der Waals surface area contributed by atoms with Gasteiger partial charge in [-0.05, 0) is 48.6 Å². The molecule has 6 rings (SSSR count). The van der Waals surface area contributed by atoms with Crippen molar-refractivity contribution in [3.63, 3.8) is 0 Å². The van der Waals surface area contributed by atoms with E-state index < -0.39 is 5.97 Å². The van der Waals surface area contributed by atoms with Crippen LogP contribution in [0.1, 0.15) is 48.5 Å². The number of thioether (sulfide) groups is 1. The van der Waals surface area contributed by atoms with Crippen LogP contribution < -0.4 is 4.87 Å². The Labute approximate surface area is 204 Å². The van der Waals surface area contributed by atoms with Crippen LogP contribution >= 0.6 is 23.1 Å². The third-order valence-corrected chi connectivity index (χ3v) is 10.7. The van der Waals surface area contributed by atoms with Crippen LogP contribution in [-0.4, -0.2) is 49.6 Å². The second-order valence-electron chi connectivity index (χ2n) is 9.78. The van der Waals surface area contributed by atoms with E-state index in [2.05, 4.69) is 9.97 Å². The van der Waals surface area contributed by atoms with E-state index in [0.717, 1.165) is 21.9 Å². The number of unbranched alkanes of at least 4 members (excludes halogenated alkanes) is 2. The molecule has 2 aliphatic carbocycles. The van der Waals surface area contributed by atoms with E-state index in [9.17, 15) is 19.2 Å². The van der Waals surface area contributed by atoms with E-state index in [1.54, 1.807) is 18.0 Å². The highest BCUT2D eigenvalue weighted by molar-refractivity contribution is 8.00. The standard InChI is InChI=1S/C24H25N3O5S2/c28-14(29)6-2-1-3-8-27-22(30)17-12-9-13(18(17)23(27)31)19-16(12)15(11-5-4-7-25-10-11)20-21(33-19)26-24(32)34-20/h4-5,7,10,12-13,15-19H,1-3,6,8-9H2,(H,26,32)(H,28,29)/t12-,13-,15-,16+,17-,18+,19-/m1/s1. The van der Waals surface area contributed by atoms with Crippen molar-refractivity contribution in [2.24, 2.45) is 29.6 Å². The van der Waals surface area contributed by atoms with Gasteiger partial charge in [0.2, 0.25) is 11.8 Å². The molecule has 34 heavy (non-hydrogen) atoms. The lowest BCUT2D eigenvalue weighted by atomic mass is 9.68. The van der Waals surface area contributed by atoms with Gasteiger partial charge in [0.05, 0.1) is 16.9 Å². The first kappa shape index (κ1) is 22.0. The first-order valence-electron chi connectivity index (χ1n) is 11.8. The predicted molar refractivity (Wildman–Crippen MR) is 126 cm³/mol. The molecule has 8 nitrogen and oxygen atoms in total. The van der Waals surface area contributed by atoms with Gasteiger partial charge in [-0.25, -0.2) is 0 Å². The third kappa shape index (κ3) is 3.29. The van der Waals surface area contributed by atoms with Gasteiger partial charge in [-0.2, -0.15) is 0 Å². The Hall–Kier alpha value is -2.46. The first-order valence-corrected chi connectivity index (χ1v) is 13.5. The fourth-order valence-corrected chi connectivity index (χ4v) is 9.84. The highest BCUT2D eigenvalue weighted by Crippen LogP contribution is 2.68. The van der Waals surface area contributed by atoms with Crippen LogP contribution in [0.3, 0.4) is 0 Å². The molecule has 2 N–H and O–H groups in total. The van der Waals surface area contributed by atoms with Gasteiger partial charge in [0.25, 0.3) is 0 Å². The summed E-state index contributed by atoms with van der Waals surface area (Å²) in [6.45, 7) is 0.374. The maximum absolute atomic E-state index is 13.5. The van der Waals surface area contributed by atoms with Gasteiger partial charge in [-0.1, -0.05) is 23.8 Å². The average molecular weight is 500 g/mol. The third-order valence-electron chi connectivity index (χ3n) is 8.13.